The summed E-state index contributed by atoms with van der Waals surface area (Å²) in [5.41, 5.74) is 0. The van der Waals surface area contributed by atoms with Gasteiger partial charge in [0.2, 0.25) is 0 Å². The summed E-state index contributed by atoms with van der Waals surface area (Å²) in [7, 11) is 0. The van der Waals surface area contributed by atoms with E-state index in [1.165, 1.54) is 231 Å². The van der Waals surface area contributed by atoms with Gasteiger partial charge in [-0.3, -0.25) is 0 Å². The lowest BCUT2D eigenvalue weighted by atomic mass is 10.0. The van der Waals surface area contributed by atoms with E-state index in [0.717, 1.165) is 25.7 Å². The molecule has 0 aliphatic rings. The van der Waals surface area contributed by atoms with Gasteiger partial charge in [-0.2, -0.15) is 0 Å². The van der Waals surface area contributed by atoms with Crippen LogP contribution in [0.4, 0.5) is 0 Å². The van der Waals surface area contributed by atoms with Crippen molar-refractivity contribution in [3.8, 4) is 48.4 Å². The molecule has 0 aromatic carbocycles. The zero-order chi connectivity index (χ0) is 34.5. The average Bonchev–Trinajstić information content (AvgIpc) is 3.10. The van der Waals surface area contributed by atoms with Crippen molar-refractivity contribution < 1.29 is 0 Å². The van der Waals surface area contributed by atoms with Crippen LogP contribution in [0.15, 0.2) is 0 Å². The van der Waals surface area contributed by atoms with E-state index in [1.54, 1.807) is 0 Å². The molecule has 0 aliphatic carbocycles. The Morgan fingerprint density at radius 3 is 0.500 bits per heavy atom. The second-order valence-electron chi connectivity index (χ2n) is 14.7. The monoisotopic (exact) mass is 659 g/mol. The second-order valence-corrected chi connectivity index (χ2v) is 14.7. The van der Waals surface area contributed by atoms with Crippen molar-refractivity contribution >= 4 is 0 Å². The fraction of sp³-hybridized carbons (Fsp3) is 0.833. The summed E-state index contributed by atoms with van der Waals surface area (Å²) < 4.78 is 0. The Kier molecular flexibility index (Phi) is 43.6. The highest BCUT2D eigenvalue weighted by molar-refractivity contribution is 5.25. The van der Waals surface area contributed by atoms with Crippen molar-refractivity contribution in [2.75, 3.05) is 0 Å². The standard InChI is InChI=1S/C48H82/c1-3-5-7-9-11-13-15-17-19-21-23-25-27-29-31-33-35-37-39-41-43-45-47-48-46-44-42-40-38-36-34-32-30-28-26-24-22-20-18-16-14-12-10-8-6-4-2/h1-2H,5-44H2. The topological polar surface area (TPSA) is 0 Å². The predicted octanol–water partition coefficient (Wildman–Crippen LogP) is 15.9. The van der Waals surface area contributed by atoms with Gasteiger partial charge in [-0.1, -0.05) is 217 Å². The zero-order valence-electron chi connectivity index (χ0n) is 32.4. The molecule has 0 heteroatoms. The third-order valence-electron chi connectivity index (χ3n) is 9.99. The molecule has 0 nitrogen and oxygen atoms in total. The van der Waals surface area contributed by atoms with Crippen LogP contribution in [-0.2, 0) is 0 Å². The smallest absolute Gasteiger partial charge is 0.00989 e. The molecule has 0 unspecified atom stereocenters. The van der Waals surface area contributed by atoms with Gasteiger partial charge in [0, 0.05) is 25.7 Å². The largest absolute Gasteiger partial charge is 0.120 e. The van der Waals surface area contributed by atoms with Crippen molar-refractivity contribution in [3.63, 3.8) is 0 Å². The van der Waals surface area contributed by atoms with Crippen molar-refractivity contribution in [1.29, 1.82) is 0 Å². The molecule has 0 fully saturated rings. The summed E-state index contributed by atoms with van der Waals surface area (Å²) in [6.07, 6.45) is 64.8. The molecule has 0 aromatic rings. The number of hydrogen-bond acceptors (Lipinski definition) is 0. The molecule has 274 valence electrons. The summed E-state index contributed by atoms with van der Waals surface area (Å²) >= 11 is 0. The lowest BCUT2D eigenvalue weighted by Crippen LogP contribution is -1.84. The molecule has 48 heavy (non-hydrogen) atoms. The van der Waals surface area contributed by atoms with Crippen LogP contribution in [0, 0.1) is 48.4 Å². The fourth-order valence-corrected chi connectivity index (χ4v) is 6.75. The van der Waals surface area contributed by atoms with Crippen molar-refractivity contribution in [2.24, 2.45) is 0 Å². The first-order valence-corrected chi connectivity index (χ1v) is 21.7. The van der Waals surface area contributed by atoms with E-state index < -0.39 is 0 Å². The highest BCUT2D eigenvalue weighted by atomic mass is 14.0. The maximum atomic E-state index is 5.30. The zero-order valence-corrected chi connectivity index (χ0v) is 32.4. The minimum absolute atomic E-state index is 0.963. The average molecular weight is 659 g/mol. The summed E-state index contributed by atoms with van der Waals surface area (Å²) in [4.78, 5) is 0. The fourth-order valence-electron chi connectivity index (χ4n) is 6.75. The molecule has 0 amide bonds. The number of rotatable bonds is 38. The maximum Gasteiger partial charge on any atom is 0.00989 e. The lowest BCUT2D eigenvalue weighted by Gasteiger charge is -2.03. The SMILES string of the molecule is C#CCCCCCCCCCCCCCCCCCCCCC#CC#CCCCCCCCCCCCCCCCCCCCCC#C. The third kappa shape index (κ3) is 44.2. The first-order chi connectivity index (χ1) is 23.9. The Labute approximate surface area is 304 Å². The van der Waals surface area contributed by atoms with E-state index in [-0.39, 0.29) is 0 Å². The van der Waals surface area contributed by atoms with E-state index in [9.17, 15) is 0 Å². The molecule has 0 radical (unpaired) electrons. The van der Waals surface area contributed by atoms with E-state index >= 15 is 0 Å². The highest BCUT2D eigenvalue weighted by Gasteiger charge is 1.97. The van der Waals surface area contributed by atoms with Crippen molar-refractivity contribution in [3.05, 3.63) is 0 Å². The summed E-state index contributed by atoms with van der Waals surface area (Å²) in [6.45, 7) is 0. The van der Waals surface area contributed by atoms with Crippen LogP contribution in [0.1, 0.15) is 257 Å². The number of hydrogen-bond donors (Lipinski definition) is 0. The lowest BCUT2D eigenvalue weighted by molar-refractivity contribution is 0.525. The van der Waals surface area contributed by atoms with Crippen LogP contribution in [0.3, 0.4) is 0 Å². The molecular formula is C48H82. The van der Waals surface area contributed by atoms with Gasteiger partial charge in [0.25, 0.3) is 0 Å². The van der Waals surface area contributed by atoms with Crippen LogP contribution in [-0.4, -0.2) is 0 Å². The van der Waals surface area contributed by atoms with Crippen LogP contribution in [0.5, 0.6) is 0 Å². The van der Waals surface area contributed by atoms with Gasteiger partial charge in [-0.05, 0) is 37.5 Å². The van der Waals surface area contributed by atoms with Gasteiger partial charge >= 0.3 is 0 Å². The van der Waals surface area contributed by atoms with E-state index in [1.807, 2.05) is 0 Å². The van der Waals surface area contributed by atoms with E-state index in [2.05, 4.69) is 35.5 Å². The summed E-state index contributed by atoms with van der Waals surface area (Å²) in [5, 5.41) is 0. The number of unbranched alkanes of at least 4 members (excludes halogenated alkanes) is 38. The second kappa shape index (κ2) is 45.2. The molecule has 0 saturated heterocycles. The Hall–Kier alpha value is -1.76. The molecule has 0 atom stereocenters. The Bertz CT molecular complexity index is 741. The Balaban J connectivity index is 3.19. The van der Waals surface area contributed by atoms with E-state index in [0.29, 0.717) is 0 Å². The maximum absolute atomic E-state index is 5.30. The van der Waals surface area contributed by atoms with Gasteiger partial charge < -0.3 is 0 Å². The number of terminal acetylenes is 2. The van der Waals surface area contributed by atoms with Crippen molar-refractivity contribution in [1.82, 2.24) is 0 Å². The first-order valence-electron chi connectivity index (χ1n) is 21.7. The van der Waals surface area contributed by atoms with Crippen LogP contribution in [0.25, 0.3) is 0 Å². The normalized spacial score (nSPS) is 10.5. The quantitative estimate of drug-likeness (QED) is 0.0457. The van der Waals surface area contributed by atoms with Crippen LogP contribution >= 0.6 is 0 Å². The predicted molar refractivity (Wildman–Crippen MR) is 218 cm³/mol. The molecular weight excluding hydrogens is 577 g/mol. The minimum atomic E-state index is 0.963. The highest BCUT2D eigenvalue weighted by Crippen LogP contribution is 2.16. The van der Waals surface area contributed by atoms with Gasteiger partial charge in [-0.15, -0.1) is 24.7 Å². The molecule has 0 spiro atoms. The molecule has 0 bridgehead atoms. The van der Waals surface area contributed by atoms with Gasteiger partial charge in [0.1, 0.15) is 0 Å². The van der Waals surface area contributed by atoms with Gasteiger partial charge in [0.15, 0.2) is 0 Å². The van der Waals surface area contributed by atoms with E-state index in [4.69, 9.17) is 12.8 Å². The minimum Gasteiger partial charge on any atom is -0.120 e. The Morgan fingerprint density at radius 1 is 0.188 bits per heavy atom. The van der Waals surface area contributed by atoms with Crippen molar-refractivity contribution in [2.45, 2.75) is 257 Å². The summed E-state index contributed by atoms with van der Waals surface area (Å²) in [6, 6.07) is 0. The molecule has 0 heterocycles. The Morgan fingerprint density at radius 2 is 0.333 bits per heavy atom. The molecule has 0 aliphatic heterocycles. The molecule has 0 saturated carbocycles. The first kappa shape index (κ1) is 46.2. The molecule has 0 aromatic heterocycles. The van der Waals surface area contributed by atoms with Gasteiger partial charge in [-0.25, -0.2) is 0 Å². The summed E-state index contributed by atoms with van der Waals surface area (Å²) in [5.74, 6) is 18.2. The van der Waals surface area contributed by atoms with Crippen LogP contribution < -0.4 is 0 Å². The molecule has 0 rings (SSSR count). The third-order valence-corrected chi connectivity index (χ3v) is 9.99. The van der Waals surface area contributed by atoms with Gasteiger partial charge in [0.05, 0.1) is 0 Å². The molecule has 0 N–H and O–H groups in total. The van der Waals surface area contributed by atoms with Crippen LogP contribution in [0.2, 0.25) is 0 Å².